The number of aromatic nitrogens is 1. The molecule has 0 bridgehead atoms. The monoisotopic (exact) mass is 443 g/mol. The van der Waals surface area contributed by atoms with Gasteiger partial charge in [0.1, 0.15) is 5.82 Å². The molecule has 0 radical (unpaired) electrons. The van der Waals surface area contributed by atoms with Crippen molar-refractivity contribution in [3.8, 4) is 0 Å². The number of amides is 2. The van der Waals surface area contributed by atoms with Crippen LogP contribution < -0.4 is 10.9 Å². The number of halogens is 1. The third-order valence-corrected chi connectivity index (χ3v) is 5.91. The number of H-pyrrole nitrogens is 1. The first-order valence-electron chi connectivity index (χ1n) is 10.9. The number of nitrogens with one attached hydrogen (secondary N) is 2. The van der Waals surface area contributed by atoms with Crippen molar-refractivity contribution in [3.05, 3.63) is 111 Å². The Morgan fingerprint density at radius 3 is 2.48 bits per heavy atom. The number of pyridine rings is 1. The van der Waals surface area contributed by atoms with Crippen LogP contribution in [0.5, 0.6) is 0 Å². The van der Waals surface area contributed by atoms with Gasteiger partial charge < -0.3 is 15.2 Å². The first kappa shape index (κ1) is 22.3. The fourth-order valence-electron chi connectivity index (χ4n) is 3.81. The molecule has 1 aromatic heterocycles. The van der Waals surface area contributed by atoms with Crippen molar-refractivity contribution >= 4 is 22.6 Å². The van der Waals surface area contributed by atoms with Gasteiger partial charge in [-0.25, -0.2) is 9.18 Å². The summed E-state index contributed by atoms with van der Waals surface area (Å²) >= 11 is 0. The van der Waals surface area contributed by atoms with Crippen molar-refractivity contribution in [1.29, 1.82) is 0 Å². The molecule has 4 aromatic rings. The Labute approximate surface area is 191 Å². The van der Waals surface area contributed by atoms with E-state index in [1.165, 1.54) is 17.0 Å². The molecule has 6 heteroatoms. The number of anilines is 1. The van der Waals surface area contributed by atoms with Gasteiger partial charge in [-0.2, -0.15) is 0 Å². The summed E-state index contributed by atoms with van der Waals surface area (Å²) in [6.45, 7) is 4.45. The number of para-hydroxylation sites is 1. The van der Waals surface area contributed by atoms with Crippen LogP contribution in [0.15, 0.2) is 77.6 Å². The highest BCUT2D eigenvalue weighted by Gasteiger charge is 2.18. The SMILES string of the molecule is Cc1ccc2cc(CN(CCc3ccccc3)C(=O)Nc3ccccc3F)c(=O)[nH]c2c1C. The van der Waals surface area contributed by atoms with Gasteiger partial charge in [0, 0.05) is 12.1 Å². The van der Waals surface area contributed by atoms with Gasteiger partial charge >= 0.3 is 6.03 Å². The van der Waals surface area contributed by atoms with Crippen LogP contribution in [-0.4, -0.2) is 22.5 Å². The highest BCUT2D eigenvalue weighted by molar-refractivity contribution is 5.89. The number of carbonyl (C=O) groups excluding carboxylic acids is 1. The molecule has 5 nitrogen and oxygen atoms in total. The smallest absolute Gasteiger partial charge is 0.321 e. The first-order valence-corrected chi connectivity index (χ1v) is 10.9. The van der Waals surface area contributed by atoms with E-state index in [1.54, 1.807) is 12.1 Å². The van der Waals surface area contributed by atoms with Gasteiger partial charge in [-0.3, -0.25) is 4.79 Å². The Hall–Kier alpha value is -3.93. The predicted octanol–water partition coefficient (Wildman–Crippen LogP) is 5.56. The number of rotatable bonds is 6. The number of aromatic amines is 1. The number of benzene rings is 3. The summed E-state index contributed by atoms with van der Waals surface area (Å²) in [5.41, 5.74) is 4.33. The molecular formula is C27H26FN3O2. The van der Waals surface area contributed by atoms with E-state index < -0.39 is 11.8 Å². The molecule has 0 unspecified atom stereocenters. The molecule has 0 aliphatic carbocycles. The van der Waals surface area contributed by atoms with Crippen LogP contribution in [-0.2, 0) is 13.0 Å². The van der Waals surface area contributed by atoms with Crippen LogP contribution in [0.25, 0.3) is 10.9 Å². The summed E-state index contributed by atoms with van der Waals surface area (Å²) < 4.78 is 14.1. The number of fused-ring (bicyclic) bond motifs is 1. The largest absolute Gasteiger partial charge is 0.322 e. The number of hydrogen-bond acceptors (Lipinski definition) is 2. The molecule has 0 spiro atoms. The minimum atomic E-state index is -0.511. The maximum absolute atomic E-state index is 14.1. The van der Waals surface area contributed by atoms with Crippen LogP contribution in [0, 0.1) is 19.7 Å². The lowest BCUT2D eigenvalue weighted by atomic mass is 10.0. The average Bonchev–Trinajstić information content (AvgIpc) is 2.82. The first-order chi connectivity index (χ1) is 15.9. The maximum Gasteiger partial charge on any atom is 0.322 e. The summed E-state index contributed by atoms with van der Waals surface area (Å²) in [4.78, 5) is 30.5. The topological polar surface area (TPSA) is 65.2 Å². The van der Waals surface area contributed by atoms with Gasteiger partial charge in [-0.15, -0.1) is 0 Å². The molecule has 0 fully saturated rings. The second-order valence-electron chi connectivity index (χ2n) is 8.16. The van der Waals surface area contributed by atoms with Crippen molar-refractivity contribution in [2.24, 2.45) is 0 Å². The second kappa shape index (κ2) is 9.69. The lowest BCUT2D eigenvalue weighted by Crippen LogP contribution is -2.37. The van der Waals surface area contributed by atoms with E-state index in [4.69, 9.17) is 0 Å². The standard InChI is InChI=1S/C27H26FN3O2/c1-18-12-13-21-16-22(26(32)30-25(21)19(18)2)17-31(15-14-20-8-4-3-5-9-20)27(33)29-24-11-7-6-10-23(24)28/h3-13,16H,14-15,17H2,1-2H3,(H,29,33)(H,30,32). The molecule has 3 aromatic carbocycles. The lowest BCUT2D eigenvalue weighted by molar-refractivity contribution is 0.209. The highest BCUT2D eigenvalue weighted by Crippen LogP contribution is 2.20. The Morgan fingerprint density at radius 2 is 1.73 bits per heavy atom. The van der Waals surface area contributed by atoms with Gasteiger partial charge in [-0.1, -0.05) is 54.6 Å². The highest BCUT2D eigenvalue weighted by atomic mass is 19.1. The van der Waals surface area contributed by atoms with Crippen LogP contribution in [0.1, 0.15) is 22.3 Å². The molecule has 0 saturated carbocycles. The van der Waals surface area contributed by atoms with Gasteiger partial charge in [-0.05, 0) is 60.5 Å². The maximum atomic E-state index is 14.1. The lowest BCUT2D eigenvalue weighted by Gasteiger charge is -2.23. The molecular weight excluding hydrogens is 417 g/mol. The number of carbonyl (C=O) groups is 1. The van der Waals surface area contributed by atoms with Crippen LogP contribution in [0.2, 0.25) is 0 Å². The minimum absolute atomic E-state index is 0.102. The number of urea groups is 1. The molecule has 33 heavy (non-hydrogen) atoms. The Kier molecular flexibility index (Phi) is 6.54. The Morgan fingerprint density at radius 1 is 1.00 bits per heavy atom. The fourth-order valence-corrected chi connectivity index (χ4v) is 3.81. The summed E-state index contributed by atoms with van der Waals surface area (Å²) in [6, 6.07) is 21.2. The molecule has 4 rings (SSSR count). The summed E-state index contributed by atoms with van der Waals surface area (Å²) in [7, 11) is 0. The van der Waals surface area contributed by atoms with Crippen LogP contribution >= 0.6 is 0 Å². The van der Waals surface area contributed by atoms with E-state index in [9.17, 15) is 14.0 Å². The second-order valence-corrected chi connectivity index (χ2v) is 8.16. The van der Waals surface area contributed by atoms with E-state index in [0.717, 1.165) is 27.6 Å². The quantitative estimate of drug-likeness (QED) is 0.410. The average molecular weight is 444 g/mol. The van der Waals surface area contributed by atoms with E-state index in [0.29, 0.717) is 18.5 Å². The van der Waals surface area contributed by atoms with Crippen molar-refractivity contribution in [3.63, 3.8) is 0 Å². The third kappa shape index (κ3) is 5.12. The normalized spacial score (nSPS) is 10.9. The van der Waals surface area contributed by atoms with E-state index in [-0.39, 0.29) is 17.8 Å². The minimum Gasteiger partial charge on any atom is -0.321 e. The molecule has 1 heterocycles. The summed E-state index contributed by atoms with van der Waals surface area (Å²) in [5, 5.41) is 3.55. The van der Waals surface area contributed by atoms with Crippen molar-refractivity contribution < 1.29 is 9.18 Å². The number of aryl methyl sites for hydroxylation is 2. The molecule has 2 amide bonds. The van der Waals surface area contributed by atoms with E-state index in [1.807, 2.05) is 62.4 Å². The Balaban J connectivity index is 1.63. The number of nitrogens with zero attached hydrogens (tertiary/aromatic N) is 1. The molecule has 0 saturated heterocycles. The molecule has 0 aliphatic rings. The van der Waals surface area contributed by atoms with Crippen molar-refractivity contribution in [2.45, 2.75) is 26.8 Å². The van der Waals surface area contributed by atoms with Crippen molar-refractivity contribution in [1.82, 2.24) is 9.88 Å². The van der Waals surface area contributed by atoms with Crippen LogP contribution in [0.4, 0.5) is 14.9 Å². The van der Waals surface area contributed by atoms with E-state index in [2.05, 4.69) is 10.3 Å². The fraction of sp³-hybridized carbons (Fsp3) is 0.185. The zero-order chi connectivity index (χ0) is 23.4. The zero-order valence-electron chi connectivity index (χ0n) is 18.7. The zero-order valence-corrected chi connectivity index (χ0v) is 18.7. The molecule has 2 N–H and O–H groups in total. The summed E-state index contributed by atoms with van der Waals surface area (Å²) in [5.74, 6) is -0.511. The predicted molar refractivity (Wildman–Crippen MR) is 130 cm³/mol. The number of hydrogen-bond donors (Lipinski definition) is 2. The van der Waals surface area contributed by atoms with Crippen LogP contribution in [0.3, 0.4) is 0 Å². The van der Waals surface area contributed by atoms with E-state index >= 15 is 0 Å². The third-order valence-electron chi connectivity index (χ3n) is 5.91. The van der Waals surface area contributed by atoms with Crippen molar-refractivity contribution in [2.75, 3.05) is 11.9 Å². The van der Waals surface area contributed by atoms with Gasteiger partial charge in [0.05, 0.1) is 17.7 Å². The molecule has 0 atom stereocenters. The van der Waals surface area contributed by atoms with Gasteiger partial charge in [0.15, 0.2) is 0 Å². The molecule has 168 valence electrons. The van der Waals surface area contributed by atoms with Gasteiger partial charge in [0.2, 0.25) is 0 Å². The van der Waals surface area contributed by atoms with Gasteiger partial charge in [0.25, 0.3) is 5.56 Å². The summed E-state index contributed by atoms with van der Waals surface area (Å²) in [6.07, 6.45) is 0.606. The molecule has 0 aliphatic heterocycles. The Bertz CT molecular complexity index is 1350.